The molecule has 0 aromatic heterocycles. The maximum Gasteiger partial charge on any atom is 0.412 e. The molecule has 5 nitrogen and oxygen atoms in total. The average molecular weight is 269 g/mol. The lowest BCUT2D eigenvalue weighted by molar-refractivity contribution is -0.108. The Bertz CT molecular complexity index is 450. The summed E-state index contributed by atoms with van der Waals surface area (Å²) >= 11 is 1.50. The molecule has 0 radical (unpaired) electrons. The van der Waals surface area contributed by atoms with Crippen molar-refractivity contribution in [2.24, 2.45) is 0 Å². The first-order valence-corrected chi connectivity index (χ1v) is 6.47. The minimum Gasteiger partial charge on any atom is -0.496 e. The van der Waals surface area contributed by atoms with Crippen molar-refractivity contribution in [3.8, 4) is 5.75 Å². The highest BCUT2D eigenvalue weighted by Gasteiger charge is 2.21. The zero-order valence-electron chi connectivity index (χ0n) is 10.4. The fourth-order valence-electron chi connectivity index (χ4n) is 1.56. The Kier molecular flexibility index (Phi) is 5.03. The minimum atomic E-state index is -1.17. The number of anilines is 1. The predicted molar refractivity (Wildman–Crippen MR) is 70.8 cm³/mol. The van der Waals surface area contributed by atoms with Gasteiger partial charge in [0, 0.05) is 11.0 Å². The number of methoxy groups -OCH3 is 1. The van der Waals surface area contributed by atoms with E-state index in [9.17, 15) is 9.59 Å². The molecule has 0 aliphatic rings. The molecule has 0 spiro atoms. The summed E-state index contributed by atoms with van der Waals surface area (Å²) in [6, 6.07) is 4.29. The lowest BCUT2D eigenvalue weighted by atomic mass is 10.2. The van der Waals surface area contributed by atoms with Crippen LogP contribution >= 0.6 is 11.8 Å². The number of ether oxygens (including phenoxy) is 1. The maximum atomic E-state index is 11.2. The van der Waals surface area contributed by atoms with Gasteiger partial charge in [-0.05, 0) is 25.3 Å². The molecule has 1 atom stereocenters. The van der Waals surface area contributed by atoms with Gasteiger partial charge in [0.1, 0.15) is 12.0 Å². The number of aldehydes is 1. The van der Waals surface area contributed by atoms with E-state index in [1.165, 1.54) is 25.8 Å². The van der Waals surface area contributed by atoms with Gasteiger partial charge in [0.15, 0.2) is 0 Å². The Morgan fingerprint density at radius 1 is 1.56 bits per heavy atom. The standard InChI is InChI=1S/C12H15NO4S/c1-8(7-14)13(12(15)16)9-4-5-11(18-3)10(6-9)17-2/h4-8H,1-3H3,(H,15,16). The van der Waals surface area contributed by atoms with E-state index in [2.05, 4.69) is 0 Å². The molecule has 0 fully saturated rings. The fourth-order valence-corrected chi connectivity index (χ4v) is 2.10. The largest absolute Gasteiger partial charge is 0.496 e. The van der Waals surface area contributed by atoms with Crippen LogP contribution in [0.1, 0.15) is 6.92 Å². The lowest BCUT2D eigenvalue weighted by Gasteiger charge is -2.23. The van der Waals surface area contributed by atoms with Crippen molar-refractivity contribution < 1.29 is 19.4 Å². The fraction of sp³-hybridized carbons (Fsp3) is 0.333. The number of nitrogens with zero attached hydrogens (tertiary/aromatic N) is 1. The topological polar surface area (TPSA) is 66.8 Å². The molecule has 0 aliphatic heterocycles. The van der Waals surface area contributed by atoms with Crippen molar-refractivity contribution in [2.45, 2.75) is 17.9 Å². The molecule has 1 unspecified atom stereocenters. The summed E-state index contributed by atoms with van der Waals surface area (Å²) in [4.78, 5) is 23.8. The van der Waals surface area contributed by atoms with Crippen LogP contribution in [-0.2, 0) is 4.79 Å². The van der Waals surface area contributed by atoms with Crippen LogP contribution in [0.25, 0.3) is 0 Å². The third kappa shape index (κ3) is 2.95. The van der Waals surface area contributed by atoms with E-state index in [4.69, 9.17) is 9.84 Å². The number of rotatable bonds is 5. The van der Waals surface area contributed by atoms with Gasteiger partial charge in [-0.1, -0.05) is 0 Å². The van der Waals surface area contributed by atoms with Crippen molar-refractivity contribution >= 4 is 29.8 Å². The van der Waals surface area contributed by atoms with Crippen LogP contribution < -0.4 is 9.64 Å². The SMILES string of the molecule is COc1cc(N(C(=O)O)C(C)C=O)ccc1SC. The second-order valence-corrected chi connectivity index (χ2v) is 4.42. The van der Waals surface area contributed by atoms with E-state index >= 15 is 0 Å². The van der Waals surface area contributed by atoms with Crippen LogP contribution in [0.3, 0.4) is 0 Å². The summed E-state index contributed by atoms with van der Waals surface area (Å²) in [7, 11) is 1.52. The molecule has 0 heterocycles. The molecule has 1 rings (SSSR count). The molecule has 0 aliphatic carbocycles. The van der Waals surface area contributed by atoms with E-state index in [0.29, 0.717) is 17.7 Å². The highest BCUT2D eigenvalue weighted by molar-refractivity contribution is 7.98. The molecular weight excluding hydrogens is 254 g/mol. The van der Waals surface area contributed by atoms with Crippen LogP contribution in [-0.4, -0.2) is 36.9 Å². The number of amides is 1. The Labute approximate surface area is 110 Å². The molecule has 1 aromatic rings. The number of benzene rings is 1. The second-order valence-electron chi connectivity index (χ2n) is 3.57. The second kappa shape index (κ2) is 6.30. The lowest BCUT2D eigenvalue weighted by Crippen LogP contribution is -2.38. The highest BCUT2D eigenvalue weighted by Crippen LogP contribution is 2.32. The van der Waals surface area contributed by atoms with Crippen LogP contribution in [0, 0.1) is 0 Å². The summed E-state index contributed by atoms with van der Waals surface area (Å²) in [6.07, 6.45) is 1.32. The van der Waals surface area contributed by atoms with Gasteiger partial charge in [0.2, 0.25) is 0 Å². The van der Waals surface area contributed by atoms with E-state index in [-0.39, 0.29) is 0 Å². The van der Waals surface area contributed by atoms with Gasteiger partial charge in [0.05, 0.1) is 18.8 Å². The number of carboxylic acid groups (broad SMARTS) is 1. The number of thioether (sulfide) groups is 1. The van der Waals surface area contributed by atoms with Crippen molar-refractivity contribution in [1.29, 1.82) is 0 Å². The van der Waals surface area contributed by atoms with Gasteiger partial charge in [-0.25, -0.2) is 4.79 Å². The van der Waals surface area contributed by atoms with Gasteiger partial charge >= 0.3 is 6.09 Å². The van der Waals surface area contributed by atoms with E-state index in [1.54, 1.807) is 18.2 Å². The van der Waals surface area contributed by atoms with Crippen molar-refractivity contribution in [2.75, 3.05) is 18.3 Å². The summed E-state index contributed by atoms with van der Waals surface area (Å²) in [5.41, 5.74) is 0.414. The molecule has 0 saturated carbocycles. The molecule has 0 saturated heterocycles. The van der Waals surface area contributed by atoms with Gasteiger partial charge < -0.3 is 14.6 Å². The number of carbonyl (C=O) groups is 2. The van der Waals surface area contributed by atoms with E-state index < -0.39 is 12.1 Å². The summed E-state index contributed by atoms with van der Waals surface area (Å²) in [6.45, 7) is 1.52. The first-order valence-electron chi connectivity index (χ1n) is 5.24. The van der Waals surface area contributed by atoms with Crippen molar-refractivity contribution in [3.05, 3.63) is 18.2 Å². The van der Waals surface area contributed by atoms with E-state index in [0.717, 1.165) is 9.80 Å². The Hall–Kier alpha value is -1.69. The first kappa shape index (κ1) is 14.4. The Morgan fingerprint density at radius 2 is 2.22 bits per heavy atom. The summed E-state index contributed by atoms with van der Waals surface area (Å²) < 4.78 is 5.19. The molecule has 1 N–H and O–H groups in total. The zero-order valence-corrected chi connectivity index (χ0v) is 11.2. The molecule has 0 bridgehead atoms. The quantitative estimate of drug-likeness (QED) is 0.657. The highest BCUT2D eigenvalue weighted by atomic mass is 32.2. The molecule has 6 heteroatoms. The number of hydrogen-bond acceptors (Lipinski definition) is 4. The Balaban J connectivity index is 3.21. The molecule has 1 aromatic carbocycles. The smallest absolute Gasteiger partial charge is 0.412 e. The third-order valence-electron chi connectivity index (χ3n) is 2.46. The Morgan fingerprint density at radius 3 is 2.67 bits per heavy atom. The third-order valence-corrected chi connectivity index (χ3v) is 3.23. The van der Waals surface area contributed by atoms with Crippen LogP contribution in [0.4, 0.5) is 10.5 Å². The first-order chi connectivity index (χ1) is 8.54. The average Bonchev–Trinajstić information content (AvgIpc) is 2.37. The molecule has 18 heavy (non-hydrogen) atoms. The van der Waals surface area contributed by atoms with Crippen molar-refractivity contribution in [1.82, 2.24) is 0 Å². The van der Waals surface area contributed by atoms with Crippen LogP contribution in [0.15, 0.2) is 23.1 Å². The van der Waals surface area contributed by atoms with Crippen molar-refractivity contribution in [3.63, 3.8) is 0 Å². The minimum absolute atomic E-state index is 0.414. The normalized spacial score (nSPS) is 11.7. The van der Waals surface area contributed by atoms with Gasteiger partial charge in [-0.3, -0.25) is 4.90 Å². The van der Waals surface area contributed by atoms with Gasteiger partial charge in [-0.2, -0.15) is 0 Å². The van der Waals surface area contributed by atoms with Gasteiger partial charge in [0.25, 0.3) is 0 Å². The molecular formula is C12H15NO4S. The molecule has 1 amide bonds. The number of carbonyl (C=O) groups excluding carboxylic acids is 1. The van der Waals surface area contributed by atoms with Gasteiger partial charge in [-0.15, -0.1) is 11.8 Å². The maximum absolute atomic E-state index is 11.2. The monoisotopic (exact) mass is 269 g/mol. The van der Waals surface area contributed by atoms with E-state index in [1.807, 2.05) is 6.26 Å². The van der Waals surface area contributed by atoms with Crippen LogP contribution in [0.5, 0.6) is 5.75 Å². The predicted octanol–water partition coefficient (Wildman–Crippen LogP) is 2.49. The number of hydrogen-bond donors (Lipinski definition) is 1. The summed E-state index contributed by atoms with van der Waals surface area (Å²) in [5, 5.41) is 9.14. The zero-order chi connectivity index (χ0) is 13.7. The summed E-state index contributed by atoms with van der Waals surface area (Å²) in [5.74, 6) is 0.587. The molecule has 98 valence electrons. The van der Waals surface area contributed by atoms with Crippen LogP contribution in [0.2, 0.25) is 0 Å².